The average Bonchev–Trinajstić information content (AvgIpc) is 2.72. The number of aromatic nitrogens is 1. The lowest BCUT2D eigenvalue weighted by Crippen LogP contribution is -2.16. The fourth-order valence-corrected chi connectivity index (χ4v) is 2.99. The number of ether oxygens (including phenoxy) is 2. The van der Waals surface area contributed by atoms with Gasteiger partial charge >= 0.3 is 0 Å². The van der Waals surface area contributed by atoms with Crippen LogP contribution in [0.1, 0.15) is 28.7 Å². The lowest BCUT2D eigenvalue weighted by molar-refractivity contribution is -0.116. The molecule has 0 aliphatic rings. The van der Waals surface area contributed by atoms with E-state index < -0.39 is 0 Å². The molecule has 0 saturated heterocycles. The van der Waals surface area contributed by atoms with Crippen LogP contribution in [-0.2, 0) is 4.79 Å². The fraction of sp³-hybridized carbons (Fsp3) is 0.208. The SMILES string of the molecule is Cc1cc(Oc2ncccc2C#N)ccc1NC(=O)CCOc1c(C)cccc1C. The second-order valence-corrected chi connectivity index (χ2v) is 6.91. The Morgan fingerprint density at radius 3 is 2.53 bits per heavy atom. The zero-order chi connectivity index (χ0) is 21.5. The first kappa shape index (κ1) is 20.9. The van der Waals surface area contributed by atoms with Crippen molar-refractivity contribution in [3.8, 4) is 23.4 Å². The topological polar surface area (TPSA) is 84.2 Å². The molecule has 0 aliphatic heterocycles. The Hall–Kier alpha value is -3.85. The van der Waals surface area contributed by atoms with Crippen LogP contribution < -0.4 is 14.8 Å². The third-order valence-electron chi connectivity index (χ3n) is 4.56. The monoisotopic (exact) mass is 401 g/mol. The van der Waals surface area contributed by atoms with E-state index in [9.17, 15) is 4.79 Å². The summed E-state index contributed by atoms with van der Waals surface area (Å²) in [7, 11) is 0. The van der Waals surface area contributed by atoms with Crippen LogP contribution in [0.25, 0.3) is 0 Å². The number of carbonyl (C=O) groups excluding carboxylic acids is 1. The quantitative estimate of drug-likeness (QED) is 0.597. The van der Waals surface area contributed by atoms with Crippen molar-refractivity contribution in [3.63, 3.8) is 0 Å². The molecule has 0 unspecified atom stereocenters. The van der Waals surface area contributed by atoms with Crippen molar-refractivity contribution in [1.29, 1.82) is 5.26 Å². The van der Waals surface area contributed by atoms with Crippen molar-refractivity contribution in [2.75, 3.05) is 11.9 Å². The highest BCUT2D eigenvalue weighted by molar-refractivity contribution is 5.91. The highest BCUT2D eigenvalue weighted by Crippen LogP contribution is 2.27. The van der Waals surface area contributed by atoms with Crippen molar-refractivity contribution in [2.45, 2.75) is 27.2 Å². The summed E-state index contributed by atoms with van der Waals surface area (Å²) in [5.74, 6) is 1.49. The Bertz CT molecular complexity index is 1080. The van der Waals surface area contributed by atoms with Gasteiger partial charge in [0.05, 0.1) is 13.0 Å². The van der Waals surface area contributed by atoms with Crippen molar-refractivity contribution >= 4 is 11.6 Å². The van der Waals surface area contributed by atoms with Crippen LogP contribution in [0.15, 0.2) is 54.7 Å². The van der Waals surface area contributed by atoms with E-state index in [1.807, 2.05) is 45.0 Å². The Kier molecular flexibility index (Phi) is 6.66. The van der Waals surface area contributed by atoms with Crippen molar-refractivity contribution in [3.05, 3.63) is 77.0 Å². The lowest BCUT2D eigenvalue weighted by Gasteiger charge is -2.13. The second-order valence-electron chi connectivity index (χ2n) is 6.91. The maximum absolute atomic E-state index is 12.3. The number of anilines is 1. The van der Waals surface area contributed by atoms with Gasteiger partial charge in [-0.05, 0) is 67.8 Å². The van der Waals surface area contributed by atoms with Gasteiger partial charge in [0.15, 0.2) is 0 Å². The van der Waals surface area contributed by atoms with Gasteiger partial charge in [-0.15, -0.1) is 0 Å². The van der Waals surface area contributed by atoms with Gasteiger partial charge in [0.2, 0.25) is 11.8 Å². The summed E-state index contributed by atoms with van der Waals surface area (Å²) in [5.41, 5.74) is 3.99. The second kappa shape index (κ2) is 9.57. The van der Waals surface area contributed by atoms with Gasteiger partial charge in [0.1, 0.15) is 23.1 Å². The summed E-state index contributed by atoms with van der Waals surface area (Å²) in [5, 5.41) is 12.0. The number of aryl methyl sites for hydroxylation is 3. The molecule has 1 amide bonds. The maximum atomic E-state index is 12.3. The standard InChI is InChI=1S/C24H23N3O3/c1-16-6-4-7-17(2)23(16)29-13-11-22(28)27-21-10-9-20(14-18(21)3)30-24-19(15-25)8-5-12-26-24/h4-10,12,14H,11,13H2,1-3H3,(H,27,28). The van der Waals surface area contributed by atoms with Crippen LogP contribution >= 0.6 is 0 Å². The summed E-state index contributed by atoms with van der Waals surface area (Å²) in [6.45, 7) is 6.15. The number of nitrogens with zero attached hydrogens (tertiary/aromatic N) is 2. The van der Waals surface area contributed by atoms with Crippen molar-refractivity contribution in [1.82, 2.24) is 4.98 Å². The van der Waals surface area contributed by atoms with Gasteiger partial charge in [-0.3, -0.25) is 4.79 Å². The molecule has 0 fully saturated rings. The Labute approximate surface area is 176 Å². The van der Waals surface area contributed by atoms with E-state index >= 15 is 0 Å². The molecule has 0 bridgehead atoms. The molecular weight excluding hydrogens is 378 g/mol. The molecule has 152 valence electrons. The number of pyridine rings is 1. The van der Waals surface area contributed by atoms with Gasteiger partial charge < -0.3 is 14.8 Å². The fourth-order valence-electron chi connectivity index (χ4n) is 2.99. The number of carbonyl (C=O) groups is 1. The minimum absolute atomic E-state index is 0.130. The third kappa shape index (κ3) is 5.15. The van der Waals surface area contributed by atoms with E-state index in [1.54, 1.807) is 36.5 Å². The van der Waals surface area contributed by atoms with Gasteiger partial charge in [-0.2, -0.15) is 5.26 Å². The minimum Gasteiger partial charge on any atom is -0.493 e. The summed E-state index contributed by atoms with van der Waals surface area (Å²) in [6, 6.07) is 16.6. The highest BCUT2D eigenvalue weighted by atomic mass is 16.5. The predicted molar refractivity (Wildman–Crippen MR) is 115 cm³/mol. The van der Waals surface area contributed by atoms with Crippen LogP contribution in [0.2, 0.25) is 0 Å². The first-order valence-corrected chi connectivity index (χ1v) is 9.60. The van der Waals surface area contributed by atoms with Gasteiger partial charge in [0, 0.05) is 11.9 Å². The zero-order valence-corrected chi connectivity index (χ0v) is 17.2. The molecule has 1 aromatic heterocycles. The number of hydrogen-bond donors (Lipinski definition) is 1. The summed E-state index contributed by atoms with van der Waals surface area (Å²) in [4.78, 5) is 16.4. The van der Waals surface area contributed by atoms with Crippen LogP contribution in [0.3, 0.4) is 0 Å². The Morgan fingerprint density at radius 2 is 1.83 bits per heavy atom. The Morgan fingerprint density at radius 1 is 1.07 bits per heavy atom. The van der Waals surface area contributed by atoms with E-state index in [0.717, 1.165) is 22.4 Å². The predicted octanol–water partition coefficient (Wildman–Crippen LogP) is 5.08. The van der Waals surface area contributed by atoms with Crippen LogP contribution in [0.5, 0.6) is 17.4 Å². The molecule has 3 rings (SSSR count). The van der Waals surface area contributed by atoms with E-state index in [1.165, 1.54) is 0 Å². The van der Waals surface area contributed by atoms with Crippen LogP contribution in [0, 0.1) is 32.1 Å². The van der Waals surface area contributed by atoms with Crippen LogP contribution in [0.4, 0.5) is 5.69 Å². The molecule has 0 saturated carbocycles. The molecule has 1 N–H and O–H groups in total. The summed E-state index contributed by atoms with van der Waals surface area (Å²) in [6.07, 6.45) is 1.81. The zero-order valence-electron chi connectivity index (χ0n) is 17.2. The molecule has 0 radical (unpaired) electrons. The van der Waals surface area contributed by atoms with E-state index in [4.69, 9.17) is 14.7 Å². The molecule has 30 heavy (non-hydrogen) atoms. The molecule has 0 atom stereocenters. The summed E-state index contributed by atoms with van der Waals surface area (Å²) >= 11 is 0. The van der Waals surface area contributed by atoms with Gasteiger partial charge in [-0.25, -0.2) is 4.98 Å². The molecule has 6 heteroatoms. The number of benzene rings is 2. The van der Waals surface area contributed by atoms with E-state index in [0.29, 0.717) is 23.6 Å². The molecule has 2 aromatic carbocycles. The number of hydrogen-bond acceptors (Lipinski definition) is 5. The number of amides is 1. The first-order valence-electron chi connectivity index (χ1n) is 9.60. The molecule has 1 heterocycles. The Balaban J connectivity index is 1.58. The maximum Gasteiger partial charge on any atom is 0.237 e. The number of para-hydroxylation sites is 1. The van der Waals surface area contributed by atoms with E-state index in [2.05, 4.69) is 10.3 Å². The minimum atomic E-state index is -0.130. The number of nitriles is 1. The van der Waals surface area contributed by atoms with Crippen molar-refractivity contribution < 1.29 is 14.3 Å². The number of nitrogens with one attached hydrogen (secondary N) is 1. The van der Waals surface area contributed by atoms with Crippen LogP contribution in [-0.4, -0.2) is 17.5 Å². The number of rotatable bonds is 7. The summed E-state index contributed by atoms with van der Waals surface area (Å²) < 4.78 is 11.5. The molecule has 0 aliphatic carbocycles. The van der Waals surface area contributed by atoms with Crippen molar-refractivity contribution in [2.24, 2.45) is 0 Å². The molecule has 6 nitrogen and oxygen atoms in total. The van der Waals surface area contributed by atoms with Gasteiger partial charge in [-0.1, -0.05) is 18.2 Å². The smallest absolute Gasteiger partial charge is 0.237 e. The molecule has 3 aromatic rings. The largest absolute Gasteiger partial charge is 0.493 e. The molecular formula is C24H23N3O3. The normalized spacial score (nSPS) is 10.2. The van der Waals surface area contributed by atoms with Gasteiger partial charge in [0.25, 0.3) is 0 Å². The lowest BCUT2D eigenvalue weighted by atomic mass is 10.1. The average molecular weight is 401 g/mol. The highest BCUT2D eigenvalue weighted by Gasteiger charge is 2.10. The third-order valence-corrected chi connectivity index (χ3v) is 4.56. The first-order chi connectivity index (χ1) is 14.5. The van der Waals surface area contributed by atoms with E-state index in [-0.39, 0.29) is 18.2 Å². The molecule has 0 spiro atoms.